The summed E-state index contributed by atoms with van der Waals surface area (Å²) >= 11 is 5.84. The standard InChI is InChI=1S/C26H32N4OS/c1-5-29(6-2)23-12-10-21(11-13-23)18-30(19-22-8-7-15-27-17-22)26(32)28-24-16-20(3)9-14-25(24)31-4/h7-17H,5-6,18-19H2,1-4H3,(H,28,32). The van der Waals surface area contributed by atoms with Crippen molar-refractivity contribution in [2.24, 2.45) is 0 Å². The van der Waals surface area contributed by atoms with Crippen LogP contribution in [0.15, 0.2) is 67.0 Å². The smallest absolute Gasteiger partial charge is 0.174 e. The van der Waals surface area contributed by atoms with Gasteiger partial charge in [-0.25, -0.2) is 0 Å². The van der Waals surface area contributed by atoms with Crippen molar-refractivity contribution in [3.05, 3.63) is 83.7 Å². The molecule has 0 saturated carbocycles. The second-order valence-corrected chi connectivity index (χ2v) is 8.08. The van der Waals surface area contributed by atoms with Crippen molar-refractivity contribution in [3.8, 4) is 5.75 Å². The van der Waals surface area contributed by atoms with Crippen molar-refractivity contribution in [2.75, 3.05) is 30.4 Å². The van der Waals surface area contributed by atoms with Crippen LogP contribution < -0.4 is 15.0 Å². The van der Waals surface area contributed by atoms with Crippen LogP contribution in [0.2, 0.25) is 0 Å². The molecule has 2 aromatic carbocycles. The average molecular weight is 449 g/mol. The molecule has 0 amide bonds. The van der Waals surface area contributed by atoms with Crippen molar-refractivity contribution >= 4 is 28.7 Å². The molecule has 0 spiro atoms. The molecule has 1 N–H and O–H groups in total. The maximum absolute atomic E-state index is 5.84. The first-order chi connectivity index (χ1) is 15.5. The predicted octanol–water partition coefficient (Wildman–Crippen LogP) is 5.64. The van der Waals surface area contributed by atoms with Gasteiger partial charge in [-0.1, -0.05) is 24.3 Å². The van der Waals surface area contributed by atoms with Gasteiger partial charge < -0.3 is 19.9 Å². The fourth-order valence-corrected chi connectivity index (χ4v) is 3.89. The topological polar surface area (TPSA) is 40.6 Å². The number of benzene rings is 2. The van der Waals surface area contributed by atoms with Crippen LogP contribution in [-0.4, -0.2) is 35.2 Å². The highest BCUT2D eigenvalue weighted by Crippen LogP contribution is 2.26. The van der Waals surface area contributed by atoms with E-state index in [1.807, 2.05) is 30.5 Å². The Balaban J connectivity index is 1.82. The van der Waals surface area contributed by atoms with E-state index in [1.54, 1.807) is 13.3 Å². The molecular formula is C26H32N4OS. The Morgan fingerprint density at radius 1 is 1.00 bits per heavy atom. The molecule has 3 rings (SSSR count). The van der Waals surface area contributed by atoms with Crippen LogP contribution in [0.25, 0.3) is 0 Å². The molecular weight excluding hydrogens is 416 g/mol. The van der Waals surface area contributed by atoms with E-state index in [4.69, 9.17) is 17.0 Å². The van der Waals surface area contributed by atoms with E-state index in [1.165, 1.54) is 11.3 Å². The van der Waals surface area contributed by atoms with E-state index in [0.717, 1.165) is 35.7 Å². The summed E-state index contributed by atoms with van der Waals surface area (Å²) in [5.41, 5.74) is 5.55. The maximum atomic E-state index is 5.84. The zero-order valence-electron chi connectivity index (χ0n) is 19.3. The minimum atomic E-state index is 0.644. The number of ether oxygens (including phenoxy) is 1. The van der Waals surface area contributed by atoms with Gasteiger partial charge in [0.05, 0.1) is 12.8 Å². The summed E-state index contributed by atoms with van der Waals surface area (Å²) in [6, 6.07) is 18.8. The summed E-state index contributed by atoms with van der Waals surface area (Å²) in [4.78, 5) is 8.75. The van der Waals surface area contributed by atoms with Crippen LogP contribution in [0.5, 0.6) is 5.75 Å². The molecule has 0 atom stereocenters. The van der Waals surface area contributed by atoms with Crippen molar-refractivity contribution in [1.29, 1.82) is 0 Å². The van der Waals surface area contributed by atoms with Gasteiger partial charge in [0, 0.05) is 44.3 Å². The fourth-order valence-electron chi connectivity index (χ4n) is 3.65. The number of methoxy groups -OCH3 is 1. The first-order valence-corrected chi connectivity index (χ1v) is 11.4. The molecule has 6 heteroatoms. The molecule has 3 aromatic rings. The molecule has 32 heavy (non-hydrogen) atoms. The summed E-state index contributed by atoms with van der Waals surface area (Å²) < 4.78 is 5.52. The number of thiocarbonyl (C=S) groups is 1. The number of hydrogen-bond acceptors (Lipinski definition) is 4. The summed E-state index contributed by atoms with van der Waals surface area (Å²) in [6.07, 6.45) is 3.67. The van der Waals surface area contributed by atoms with Crippen LogP contribution in [-0.2, 0) is 13.1 Å². The zero-order valence-corrected chi connectivity index (χ0v) is 20.2. The lowest BCUT2D eigenvalue weighted by Crippen LogP contribution is -2.34. The van der Waals surface area contributed by atoms with Gasteiger partial charge >= 0.3 is 0 Å². The summed E-state index contributed by atoms with van der Waals surface area (Å²) in [6.45, 7) is 9.75. The summed E-state index contributed by atoms with van der Waals surface area (Å²) in [7, 11) is 1.67. The minimum absolute atomic E-state index is 0.644. The number of pyridine rings is 1. The molecule has 1 aromatic heterocycles. The number of aryl methyl sites for hydroxylation is 1. The molecule has 0 aliphatic heterocycles. The first-order valence-electron chi connectivity index (χ1n) is 11.0. The minimum Gasteiger partial charge on any atom is -0.495 e. The van der Waals surface area contributed by atoms with E-state index < -0.39 is 0 Å². The molecule has 0 bridgehead atoms. The lowest BCUT2D eigenvalue weighted by Gasteiger charge is -2.27. The molecule has 0 saturated heterocycles. The van der Waals surface area contributed by atoms with Crippen LogP contribution in [0, 0.1) is 6.92 Å². The lowest BCUT2D eigenvalue weighted by molar-refractivity contribution is 0.408. The molecule has 0 radical (unpaired) electrons. The summed E-state index contributed by atoms with van der Waals surface area (Å²) in [5, 5.41) is 4.04. The van der Waals surface area contributed by atoms with Crippen LogP contribution in [0.4, 0.5) is 11.4 Å². The molecule has 0 unspecified atom stereocenters. The van der Waals surface area contributed by atoms with Gasteiger partial charge in [0.2, 0.25) is 0 Å². The molecule has 0 fully saturated rings. The van der Waals surface area contributed by atoms with Crippen LogP contribution >= 0.6 is 12.2 Å². The van der Waals surface area contributed by atoms with Gasteiger partial charge in [-0.05, 0) is 80.0 Å². The normalized spacial score (nSPS) is 10.5. The quantitative estimate of drug-likeness (QED) is 0.427. The second kappa shape index (κ2) is 11.5. The Morgan fingerprint density at radius 3 is 2.34 bits per heavy atom. The molecule has 1 heterocycles. The third-order valence-electron chi connectivity index (χ3n) is 5.42. The van der Waals surface area contributed by atoms with E-state index in [9.17, 15) is 0 Å². The van der Waals surface area contributed by atoms with E-state index in [2.05, 4.69) is 71.2 Å². The number of nitrogens with zero attached hydrogens (tertiary/aromatic N) is 3. The average Bonchev–Trinajstić information content (AvgIpc) is 2.81. The number of anilines is 2. The highest BCUT2D eigenvalue weighted by atomic mass is 32.1. The Bertz CT molecular complexity index is 1000. The Labute approximate surface area is 197 Å². The number of aromatic nitrogens is 1. The lowest BCUT2D eigenvalue weighted by atomic mass is 10.1. The molecule has 168 valence electrons. The Kier molecular flexibility index (Phi) is 8.45. The molecule has 0 aliphatic rings. The van der Waals surface area contributed by atoms with Gasteiger partial charge in [0.15, 0.2) is 5.11 Å². The van der Waals surface area contributed by atoms with Crippen molar-refractivity contribution in [3.63, 3.8) is 0 Å². The largest absolute Gasteiger partial charge is 0.495 e. The van der Waals surface area contributed by atoms with Crippen molar-refractivity contribution in [1.82, 2.24) is 9.88 Å². The van der Waals surface area contributed by atoms with E-state index in [0.29, 0.717) is 18.2 Å². The van der Waals surface area contributed by atoms with Gasteiger partial charge in [-0.15, -0.1) is 0 Å². The van der Waals surface area contributed by atoms with Gasteiger partial charge in [0.25, 0.3) is 0 Å². The number of nitrogens with one attached hydrogen (secondary N) is 1. The number of hydrogen-bond donors (Lipinski definition) is 1. The molecule has 5 nitrogen and oxygen atoms in total. The van der Waals surface area contributed by atoms with E-state index >= 15 is 0 Å². The Hall–Kier alpha value is -3.12. The molecule has 0 aliphatic carbocycles. The van der Waals surface area contributed by atoms with Crippen molar-refractivity contribution < 1.29 is 4.74 Å². The van der Waals surface area contributed by atoms with Gasteiger partial charge in [-0.2, -0.15) is 0 Å². The first kappa shape index (κ1) is 23.5. The van der Waals surface area contributed by atoms with Crippen molar-refractivity contribution in [2.45, 2.75) is 33.9 Å². The Morgan fingerprint density at radius 2 is 1.72 bits per heavy atom. The van der Waals surface area contributed by atoms with Crippen LogP contribution in [0.3, 0.4) is 0 Å². The predicted molar refractivity (Wildman–Crippen MR) is 137 cm³/mol. The highest BCUT2D eigenvalue weighted by Gasteiger charge is 2.14. The third kappa shape index (κ3) is 6.20. The zero-order chi connectivity index (χ0) is 22.9. The maximum Gasteiger partial charge on any atom is 0.174 e. The number of rotatable bonds is 9. The SMILES string of the molecule is CCN(CC)c1ccc(CN(Cc2cccnc2)C(=S)Nc2cc(C)ccc2OC)cc1. The highest BCUT2D eigenvalue weighted by molar-refractivity contribution is 7.80. The summed E-state index contributed by atoms with van der Waals surface area (Å²) in [5.74, 6) is 0.767. The van der Waals surface area contributed by atoms with Gasteiger partial charge in [-0.3, -0.25) is 4.98 Å². The second-order valence-electron chi connectivity index (χ2n) is 7.69. The van der Waals surface area contributed by atoms with E-state index in [-0.39, 0.29) is 0 Å². The van der Waals surface area contributed by atoms with Crippen LogP contribution in [0.1, 0.15) is 30.5 Å². The monoisotopic (exact) mass is 448 g/mol. The third-order valence-corrected chi connectivity index (χ3v) is 5.78. The fraction of sp³-hybridized carbons (Fsp3) is 0.308. The van der Waals surface area contributed by atoms with Gasteiger partial charge in [0.1, 0.15) is 5.75 Å².